The van der Waals surface area contributed by atoms with Crippen LogP contribution in [0, 0.1) is 31.6 Å². The van der Waals surface area contributed by atoms with E-state index in [1.165, 1.54) is 25.7 Å². The van der Waals surface area contributed by atoms with E-state index >= 15 is 0 Å². The van der Waals surface area contributed by atoms with Crippen molar-refractivity contribution in [2.45, 2.75) is 65.5 Å². The number of halogens is 1. The highest BCUT2D eigenvalue weighted by atomic mass is 79.9. The normalized spacial score (nSPS) is 28.1. The zero-order chi connectivity index (χ0) is 15.9. The molecule has 5 heteroatoms. The Hall–Kier alpha value is -0.840. The minimum atomic E-state index is 0.152. The van der Waals surface area contributed by atoms with Crippen LogP contribution in [0.5, 0.6) is 0 Å². The van der Waals surface area contributed by atoms with Gasteiger partial charge in [0.1, 0.15) is 0 Å². The number of nitrogens with one attached hydrogen (secondary N) is 1. The van der Waals surface area contributed by atoms with E-state index in [1.54, 1.807) is 0 Å². The molecule has 1 heterocycles. The molecule has 122 valence electrons. The predicted octanol–water partition coefficient (Wildman–Crippen LogP) is 3.59. The van der Waals surface area contributed by atoms with E-state index < -0.39 is 0 Å². The molecule has 1 aromatic rings. The maximum atomic E-state index is 12.2. The highest BCUT2D eigenvalue weighted by Crippen LogP contribution is 2.49. The second-order valence-electron chi connectivity index (χ2n) is 7.15. The van der Waals surface area contributed by atoms with Crippen LogP contribution >= 0.6 is 15.9 Å². The Labute approximate surface area is 141 Å². The molecule has 2 saturated carbocycles. The minimum absolute atomic E-state index is 0.152. The van der Waals surface area contributed by atoms with E-state index in [0.717, 1.165) is 27.7 Å². The van der Waals surface area contributed by atoms with Crippen molar-refractivity contribution >= 4 is 21.8 Å². The monoisotopic (exact) mass is 367 g/mol. The van der Waals surface area contributed by atoms with Crippen molar-refractivity contribution in [2.24, 2.45) is 17.8 Å². The number of amides is 1. The number of hydrogen-bond donors (Lipinski definition) is 1. The van der Waals surface area contributed by atoms with Gasteiger partial charge in [0.05, 0.1) is 16.7 Å². The fourth-order valence-electron chi connectivity index (χ4n) is 4.44. The Balaban J connectivity index is 1.49. The second kappa shape index (κ2) is 6.34. The molecule has 2 bridgehead atoms. The van der Waals surface area contributed by atoms with Gasteiger partial charge in [-0.1, -0.05) is 6.42 Å². The van der Waals surface area contributed by atoms with Gasteiger partial charge in [0.25, 0.3) is 0 Å². The lowest BCUT2D eigenvalue weighted by Crippen LogP contribution is -2.40. The summed E-state index contributed by atoms with van der Waals surface area (Å²) in [6, 6.07) is 0.315. The summed E-state index contributed by atoms with van der Waals surface area (Å²) < 4.78 is 2.96. The lowest BCUT2D eigenvalue weighted by Gasteiger charge is -2.28. The third-order valence-corrected chi connectivity index (χ3v) is 6.82. The van der Waals surface area contributed by atoms with Crippen LogP contribution in [0.3, 0.4) is 0 Å². The minimum Gasteiger partial charge on any atom is -0.353 e. The molecule has 0 spiro atoms. The number of rotatable bonds is 5. The van der Waals surface area contributed by atoms with Gasteiger partial charge >= 0.3 is 0 Å². The van der Waals surface area contributed by atoms with E-state index in [9.17, 15) is 4.79 Å². The SMILES string of the molecule is Cc1nn(CCC(=O)N[C@@H](C)[C@H]2C[C@H]3CC[C@H]2C3)c(C)c1Br. The first kappa shape index (κ1) is 16.0. The molecule has 0 aliphatic heterocycles. The van der Waals surface area contributed by atoms with Crippen molar-refractivity contribution in [3.05, 3.63) is 15.9 Å². The molecular weight excluding hydrogens is 342 g/mol. The van der Waals surface area contributed by atoms with Crippen LogP contribution in [0.4, 0.5) is 0 Å². The Morgan fingerprint density at radius 1 is 1.41 bits per heavy atom. The number of carbonyl (C=O) groups is 1. The van der Waals surface area contributed by atoms with Crippen molar-refractivity contribution in [1.82, 2.24) is 15.1 Å². The average Bonchev–Trinajstić information content (AvgIpc) is 3.17. The maximum absolute atomic E-state index is 12.2. The second-order valence-corrected chi connectivity index (χ2v) is 7.95. The summed E-state index contributed by atoms with van der Waals surface area (Å²) >= 11 is 3.53. The van der Waals surface area contributed by atoms with Crippen LogP contribution in [-0.4, -0.2) is 21.7 Å². The van der Waals surface area contributed by atoms with Crippen LogP contribution in [-0.2, 0) is 11.3 Å². The molecule has 4 atom stereocenters. The highest BCUT2D eigenvalue weighted by Gasteiger charge is 2.42. The topological polar surface area (TPSA) is 46.9 Å². The Morgan fingerprint density at radius 2 is 2.18 bits per heavy atom. The van der Waals surface area contributed by atoms with Gasteiger partial charge in [0, 0.05) is 18.2 Å². The molecule has 22 heavy (non-hydrogen) atoms. The standard InChI is InChI=1S/C17H26BrN3O/c1-10(15-9-13-4-5-14(15)8-13)19-16(22)6-7-21-12(3)17(18)11(2)20-21/h10,13-15H,4-9H2,1-3H3,(H,19,22)/t10-,13-,14-,15+/m0/s1. The van der Waals surface area contributed by atoms with Crippen molar-refractivity contribution < 1.29 is 4.79 Å². The summed E-state index contributed by atoms with van der Waals surface area (Å²) in [5.74, 6) is 2.64. The first-order chi connectivity index (χ1) is 10.5. The van der Waals surface area contributed by atoms with E-state index in [0.29, 0.717) is 24.9 Å². The van der Waals surface area contributed by atoms with Gasteiger partial charge in [0.15, 0.2) is 0 Å². The van der Waals surface area contributed by atoms with Gasteiger partial charge < -0.3 is 5.32 Å². The van der Waals surface area contributed by atoms with E-state index in [2.05, 4.69) is 33.3 Å². The maximum Gasteiger partial charge on any atom is 0.222 e. The molecule has 0 radical (unpaired) electrons. The summed E-state index contributed by atoms with van der Waals surface area (Å²) in [5.41, 5.74) is 2.07. The smallest absolute Gasteiger partial charge is 0.222 e. The predicted molar refractivity (Wildman–Crippen MR) is 90.6 cm³/mol. The summed E-state index contributed by atoms with van der Waals surface area (Å²) in [4.78, 5) is 12.2. The number of nitrogens with zero attached hydrogens (tertiary/aromatic N) is 2. The quantitative estimate of drug-likeness (QED) is 0.863. The fourth-order valence-corrected chi connectivity index (χ4v) is 4.72. The van der Waals surface area contributed by atoms with Crippen molar-refractivity contribution in [3.8, 4) is 0 Å². The van der Waals surface area contributed by atoms with Crippen LogP contribution in [0.2, 0.25) is 0 Å². The third-order valence-electron chi connectivity index (χ3n) is 5.67. The molecule has 0 saturated heterocycles. The highest BCUT2D eigenvalue weighted by molar-refractivity contribution is 9.10. The Morgan fingerprint density at radius 3 is 2.73 bits per heavy atom. The summed E-state index contributed by atoms with van der Waals surface area (Å²) in [6.45, 7) is 6.83. The Kier molecular flexibility index (Phi) is 4.62. The van der Waals surface area contributed by atoms with Crippen LogP contribution < -0.4 is 5.32 Å². The molecule has 1 amide bonds. The summed E-state index contributed by atoms with van der Waals surface area (Å²) in [5, 5.41) is 7.69. The van der Waals surface area contributed by atoms with E-state index in [-0.39, 0.29) is 5.91 Å². The van der Waals surface area contributed by atoms with Gasteiger partial charge in [-0.15, -0.1) is 0 Å². The lowest BCUT2D eigenvalue weighted by atomic mass is 9.84. The largest absolute Gasteiger partial charge is 0.353 e. The first-order valence-corrected chi connectivity index (χ1v) is 9.24. The molecule has 0 aromatic carbocycles. The van der Waals surface area contributed by atoms with Crippen LogP contribution in [0.15, 0.2) is 4.47 Å². The summed E-state index contributed by atoms with van der Waals surface area (Å²) in [7, 11) is 0. The molecule has 2 aliphatic rings. The van der Waals surface area contributed by atoms with Gasteiger partial charge in [0.2, 0.25) is 5.91 Å². The fraction of sp³-hybridized carbons (Fsp3) is 0.765. The molecule has 0 unspecified atom stereocenters. The molecule has 4 nitrogen and oxygen atoms in total. The number of hydrogen-bond acceptors (Lipinski definition) is 2. The molecule has 1 aromatic heterocycles. The molecular formula is C17H26BrN3O. The Bertz CT molecular complexity index is 568. The molecule has 2 aliphatic carbocycles. The van der Waals surface area contributed by atoms with Crippen LogP contribution in [0.25, 0.3) is 0 Å². The van der Waals surface area contributed by atoms with Gasteiger partial charge in [-0.25, -0.2) is 0 Å². The number of aryl methyl sites for hydroxylation is 2. The van der Waals surface area contributed by atoms with Gasteiger partial charge in [-0.3, -0.25) is 9.48 Å². The first-order valence-electron chi connectivity index (χ1n) is 8.44. The van der Waals surface area contributed by atoms with E-state index in [4.69, 9.17) is 0 Å². The van der Waals surface area contributed by atoms with Crippen molar-refractivity contribution in [1.29, 1.82) is 0 Å². The zero-order valence-electron chi connectivity index (χ0n) is 13.7. The van der Waals surface area contributed by atoms with Crippen molar-refractivity contribution in [2.75, 3.05) is 0 Å². The van der Waals surface area contributed by atoms with Gasteiger partial charge in [-0.2, -0.15) is 5.10 Å². The zero-order valence-corrected chi connectivity index (χ0v) is 15.3. The third kappa shape index (κ3) is 3.10. The van der Waals surface area contributed by atoms with Crippen LogP contribution in [0.1, 0.15) is 50.4 Å². The average molecular weight is 368 g/mol. The molecule has 2 fully saturated rings. The summed E-state index contributed by atoms with van der Waals surface area (Å²) in [6.07, 6.45) is 5.99. The number of aromatic nitrogens is 2. The number of carbonyl (C=O) groups excluding carboxylic acids is 1. The van der Waals surface area contributed by atoms with E-state index in [1.807, 2.05) is 18.5 Å². The van der Waals surface area contributed by atoms with Gasteiger partial charge in [-0.05, 0) is 73.7 Å². The number of fused-ring (bicyclic) bond motifs is 2. The molecule has 3 rings (SSSR count). The van der Waals surface area contributed by atoms with Crippen molar-refractivity contribution in [3.63, 3.8) is 0 Å². The lowest BCUT2D eigenvalue weighted by molar-refractivity contribution is -0.122. The molecule has 1 N–H and O–H groups in total.